The average molecular weight is 360 g/mol. The Morgan fingerprint density at radius 1 is 1.27 bits per heavy atom. The minimum absolute atomic E-state index is 0.00283. The number of esters is 1. The predicted octanol–water partition coefficient (Wildman–Crippen LogP) is 3.67. The molecule has 6 atom stereocenters. The highest BCUT2D eigenvalue weighted by molar-refractivity contribution is 5.91. The van der Waals surface area contributed by atoms with E-state index in [-0.39, 0.29) is 34.6 Å². The highest BCUT2D eigenvalue weighted by Crippen LogP contribution is 2.70. The monoisotopic (exact) mass is 360 g/mol. The fourth-order valence-electron chi connectivity index (χ4n) is 7.54. The van der Waals surface area contributed by atoms with Crippen LogP contribution in [0, 0.1) is 34.0 Å². The van der Waals surface area contributed by atoms with Gasteiger partial charge in [-0.25, -0.2) is 0 Å². The SMILES string of the molecule is CC(=O)OC[C@]1(O)C[C@]23C=C[C@H]1C(=O)[C@H]2[C@]1(C)CCCC(C)(C)[C@H]1CC3. The Kier molecular flexibility index (Phi) is 3.81. The standard InChI is InChI=1S/C22H32O4/c1-14(23)26-13-22(25)12-21-10-6-15(22)17(24)18(21)20(4)9-5-8-19(2,3)16(20)7-11-21/h6,10,15-16,18,25H,5,7-9,11-13H2,1-4H3/t15-,16+,18-,20+,21+,22+/m0/s1. The summed E-state index contributed by atoms with van der Waals surface area (Å²) in [6.07, 6.45) is 10.2. The molecule has 3 saturated carbocycles. The van der Waals surface area contributed by atoms with E-state index in [2.05, 4.69) is 26.8 Å². The van der Waals surface area contributed by atoms with E-state index in [0.29, 0.717) is 12.3 Å². The zero-order chi connectivity index (χ0) is 19.0. The maximum Gasteiger partial charge on any atom is 0.302 e. The number of ether oxygens (including phenoxy) is 1. The summed E-state index contributed by atoms with van der Waals surface area (Å²) in [4.78, 5) is 24.9. The minimum Gasteiger partial charge on any atom is -0.463 e. The van der Waals surface area contributed by atoms with Crippen LogP contribution in [0.5, 0.6) is 0 Å². The van der Waals surface area contributed by atoms with Crippen molar-refractivity contribution in [1.82, 2.24) is 0 Å². The van der Waals surface area contributed by atoms with Crippen LogP contribution in [0.3, 0.4) is 0 Å². The van der Waals surface area contributed by atoms with Crippen molar-refractivity contribution in [2.45, 2.75) is 71.8 Å². The molecule has 1 N–H and O–H groups in total. The molecule has 5 aliphatic rings. The first-order valence-electron chi connectivity index (χ1n) is 10.1. The molecule has 0 heterocycles. The molecule has 0 aliphatic heterocycles. The lowest BCUT2D eigenvalue weighted by Gasteiger charge is -2.67. The Hall–Kier alpha value is -1.16. The molecular formula is C22H32O4. The first-order chi connectivity index (χ1) is 12.0. The molecule has 0 radical (unpaired) electrons. The van der Waals surface area contributed by atoms with Gasteiger partial charge in [0.05, 0.1) is 5.92 Å². The van der Waals surface area contributed by atoms with E-state index in [1.165, 1.54) is 19.8 Å². The third-order valence-electron chi connectivity index (χ3n) is 8.36. The van der Waals surface area contributed by atoms with Gasteiger partial charge in [-0.3, -0.25) is 9.59 Å². The van der Waals surface area contributed by atoms with Gasteiger partial charge in [0.25, 0.3) is 0 Å². The molecule has 4 nitrogen and oxygen atoms in total. The molecule has 5 rings (SSSR count). The second-order valence-corrected chi connectivity index (χ2v) is 10.4. The van der Waals surface area contributed by atoms with Crippen molar-refractivity contribution in [3.05, 3.63) is 12.2 Å². The van der Waals surface area contributed by atoms with Crippen LogP contribution in [-0.2, 0) is 14.3 Å². The van der Waals surface area contributed by atoms with E-state index in [1.807, 2.05) is 6.08 Å². The summed E-state index contributed by atoms with van der Waals surface area (Å²) in [5.74, 6) is -0.235. The maximum absolute atomic E-state index is 13.6. The van der Waals surface area contributed by atoms with Gasteiger partial charge in [-0.2, -0.15) is 0 Å². The van der Waals surface area contributed by atoms with E-state index in [0.717, 1.165) is 19.3 Å². The summed E-state index contributed by atoms with van der Waals surface area (Å²) < 4.78 is 5.15. The molecule has 1 spiro atoms. The second kappa shape index (κ2) is 5.43. The first kappa shape index (κ1) is 18.2. The minimum atomic E-state index is -1.25. The van der Waals surface area contributed by atoms with Crippen LogP contribution in [-0.4, -0.2) is 29.1 Å². The molecule has 0 unspecified atom stereocenters. The van der Waals surface area contributed by atoms with E-state index in [1.54, 1.807) is 0 Å². The van der Waals surface area contributed by atoms with Gasteiger partial charge in [0.15, 0.2) is 0 Å². The third kappa shape index (κ3) is 2.30. The molecule has 26 heavy (non-hydrogen) atoms. The van der Waals surface area contributed by atoms with Crippen LogP contribution in [0.25, 0.3) is 0 Å². The Morgan fingerprint density at radius 2 is 2.00 bits per heavy atom. The second-order valence-electron chi connectivity index (χ2n) is 10.4. The highest BCUT2D eigenvalue weighted by Gasteiger charge is 2.69. The van der Waals surface area contributed by atoms with Crippen molar-refractivity contribution in [3.8, 4) is 0 Å². The summed E-state index contributed by atoms with van der Waals surface area (Å²) >= 11 is 0. The van der Waals surface area contributed by atoms with Gasteiger partial charge in [0.1, 0.15) is 18.0 Å². The van der Waals surface area contributed by atoms with Crippen LogP contribution in [0.1, 0.15) is 66.2 Å². The fraction of sp³-hybridized carbons (Fsp3) is 0.818. The average Bonchev–Trinajstić information content (AvgIpc) is 2.51. The molecule has 0 aromatic rings. The molecular weight excluding hydrogens is 328 g/mol. The van der Waals surface area contributed by atoms with E-state index in [4.69, 9.17) is 4.74 Å². The number of ketones is 1. The topological polar surface area (TPSA) is 63.6 Å². The van der Waals surface area contributed by atoms with Crippen LogP contribution in [0.2, 0.25) is 0 Å². The number of Topliss-reactive ketones (excluding diaryl/α,β-unsaturated/α-hetero) is 1. The Balaban J connectivity index is 1.72. The number of hydrogen-bond acceptors (Lipinski definition) is 4. The molecule has 0 saturated heterocycles. The summed E-state index contributed by atoms with van der Waals surface area (Å²) in [6, 6.07) is 0. The maximum atomic E-state index is 13.6. The van der Waals surface area contributed by atoms with Crippen molar-refractivity contribution >= 4 is 11.8 Å². The van der Waals surface area contributed by atoms with Gasteiger partial charge < -0.3 is 9.84 Å². The van der Waals surface area contributed by atoms with E-state index < -0.39 is 17.5 Å². The van der Waals surface area contributed by atoms with E-state index in [9.17, 15) is 14.7 Å². The van der Waals surface area contributed by atoms with Gasteiger partial charge in [-0.1, -0.05) is 39.3 Å². The number of aliphatic hydroxyl groups is 1. The predicted molar refractivity (Wildman–Crippen MR) is 98.2 cm³/mol. The highest BCUT2D eigenvalue weighted by atomic mass is 16.5. The lowest BCUT2D eigenvalue weighted by molar-refractivity contribution is -0.203. The first-order valence-corrected chi connectivity index (χ1v) is 10.1. The fourth-order valence-corrected chi connectivity index (χ4v) is 7.54. The van der Waals surface area contributed by atoms with Crippen LogP contribution < -0.4 is 0 Å². The number of fused-ring (bicyclic) bond motifs is 2. The molecule has 0 aromatic heterocycles. The normalized spacial score (nSPS) is 48.7. The Labute approximate surface area is 156 Å². The molecule has 144 valence electrons. The molecule has 4 heteroatoms. The Bertz CT molecular complexity index is 680. The largest absolute Gasteiger partial charge is 0.463 e. The number of carbonyl (C=O) groups is 2. The van der Waals surface area contributed by atoms with Crippen LogP contribution >= 0.6 is 0 Å². The van der Waals surface area contributed by atoms with Gasteiger partial charge in [-0.15, -0.1) is 0 Å². The quantitative estimate of drug-likeness (QED) is 0.603. The summed E-state index contributed by atoms with van der Waals surface area (Å²) in [6.45, 7) is 8.33. The number of hydrogen-bond donors (Lipinski definition) is 1. The van der Waals surface area contributed by atoms with Gasteiger partial charge in [0, 0.05) is 18.3 Å². The van der Waals surface area contributed by atoms with Crippen molar-refractivity contribution in [2.24, 2.45) is 34.0 Å². The number of allylic oxidation sites excluding steroid dienone is 1. The molecule has 3 fully saturated rings. The molecule has 0 amide bonds. The van der Waals surface area contributed by atoms with E-state index >= 15 is 0 Å². The summed E-state index contributed by atoms with van der Waals surface area (Å²) in [5.41, 5.74) is -1.26. The smallest absolute Gasteiger partial charge is 0.302 e. The van der Waals surface area contributed by atoms with Crippen molar-refractivity contribution in [2.75, 3.05) is 6.61 Å². The van der Waals surface area contributed by atoms with Crippen molar-refractivity contribution in [1.29, 1.82) is 0 Å². The lowest BCUT2D eigenvalue weighted by Crippen LogP contribution is -2.68. The van der Waals surface area contributed by atoms with Crippen LogP contribution in [0.4, 0.5) is 0 Å². The molecule has 0 aromatic carbocycles. The third-order valence-corrected chi connectivity index (χ3v) is 8.36. The van der Waals surface area contributed by atoms with Gasteiger partial charge in [-0.05, 0) is 48.9 Å². The van der Waals surface area contributed by atoms with Gasteiger partial charge in [0.2, 0.25) is 0 Å². The van der Waals surface area contributed by atoms with Crippen LogP contribution in [0.15, 0.2) is 12.2 Å². The van der Waals surface area contributed by atoms with Crippen molar-refractivity contribution in [3.63, 3.8) is 0 Å². The van der Waals surface area contributed by atoms with Gasteiger partial charge >= 0.3 is 5.97 Å². The summed E-state index contributed by atoms with van der Waals surface area (Å²) in [5, 5.41) is 11.2. The molecule has 5 aliphatic carbocycles. The summed E-state index contributed by atoms with van der Waals surface area (Å²) in [7, 11) is 0. The Morgan fingerprint density at radius 3 is 2.69 bits per heavy atom. The van der Waals surface area contributed by atoms with Crippen molar-refractivity contribution < 1.29 is 19.4 Å². The number of rotatable bonds is 2. The zero-order valence-corrected chi connectivity index (χ0v) is 16.5. The number of carbonyl (C=O) groups excluding carboxylic acids is 2. The molecule has 2 bridgehead atoms. The zero-order valence-electron chi connectivity index (χ0n) is 16.5. The lowest BCUT2D eigenvalue weighted by atomic mass is 9.37.